The van der Waals surface area contributed by atoms with E-state index in [1.807, 2.05) is 42.5 Å². The molecule has 1 saturated heterocycles. The number of nitrogens with one attached hydrogen (secondary N) is 1. The quantitative estimate of drug-likeness (QED) is 0.370. The van der Waals surface area contributed by atoms with Crippen molar-refractivity contribution in [1.29, 1.82) is 0 Å². The summed E-state index contributed by atoms with van der Waals surface area (Å²) < 4.78 is 12.1. The zero-order chi connectivity index (χ0) is 24.9. The Morgan fingerprint density at radius 1 is 1.11 bits per heavy atom. The molecule has 2 aromatic carbocycles. The SMILES string of the molecule is O=C(CO)N1CCC(Oc2cccc3ncnc(Nc4ccc(OCc5ccccn5)c(Cl)c4)c23)C1. The number of aliphatic hydroxyl groups is 1. The van der Waals surface area contributed by atoms with Crippen molar-refractivity contribution in [3.8, 4) is 11.5 Å². The van der Waals surface area contributed by atoms with E-state index in [1.54, 1.807) is 23.2 Å². The summed E-state index contributed by atoms with van der Waals surface area (Å²) in [6.07, 6.45) is 3.68. The molecule has 184 valence electrons. The first-order chi connectivity index (χ1) is 17.6. The predicted octanol–water partition coefficient (Wildman–Crippen LogP) is 3.97. The second-order valence-electron chi connectivity index (χ2n) is 8.28. The molecule has 2 aromatic heterocycles. The Labute approximate surface area is 212 Å². The van der Waals surface area contributed by atoms with Crippen LogP contribution in [0.1, 0.15) is 12.1 Å². The molecule has 0 bridgehead atoms. The summed E-state index contributed by atoms with van der Waals surface area (Å²) in [5, 5.41) is 13.6. The Morgan fingerprint density at radius 3 is 2.83 bits per heavy atom. The van der Waals surface area contributed by atoms with Gasteiger partial charge in [0.2, 0.25) is 5.91 Å². The first kappa shape index (κ1) is 23.8. The second-order valence-corrected chi connectivity index (χ2v) is 8.69. The Kier molecular flexibility index (Phi) is 7.11. The van der Waals surface area contributed by atoms with Gasteiger partial charge in [0.15, 0.2) is 0 Å². The van der Waals surface area contributed by atoms with Gasteiger partial charge in [-0.15, -0.1) is 0 Å². The van der Waals surface area contributed by atoms with E-state index in [-0.39, 0.29) is 12.0 Å². The highest BCUT2D eigenvalue weighted by atomic mass is 35.5. The van der Waals surface area contributed by atoms with Gasteiger partial charge in [-0.1, -0.05) is 23.7 Å². The first-order valence-electron chi connectivity index (χ1n) is 11.5. The number of carbonyl (C=O) groups excluding carboxylic acids is 1. The van der Waals surface area contributed by atoms with Gasteiger partial charge in [0.05, 0.1) is 28.2 Å². The number of hydrogen-bond donors (Lipinski definition) is 2. The van der Waals surface area contributed by atoms with Crippen molar-refractivity contribution in [3.05, 3.63) is 77.8 Å². The minimum absolute atomic E-state index is 0.191. The van der Waals surface area contributed by atoms with Gasteiger partial charge >= 0.3 is 0 Å². The zero-order valence-corrected chi connectivity index (χ0v) is 20.1. The maximum absolute atomic E-state index is 11.8. The molecule has 36 heavy (non-hydrogen) atoms. The van der Waals surface area contributed by atoms with Crippen molar-refractivity contribution in [3.63, 3.8) is 0 Å². The fraction of sp³-hybridized carbons (Fsp3) is 0.231. The van der Waals surface area contributed by atoms with Crippen LogP contribution in [0.25, 0.3) is 10.9 Å². The molecule has 2 N–H and O–H groups in total. The van der Waals surface area contributed by atoms with Gasteiger partial charge in [-0.2, -0.15) is 0 Å². The monoisotopic (exact) mass is 505 g/mol. The molecular weight excluding hydrogens is 482 g/mol. The van der Waals surface area contributed by atoms with Crippen LogP contribution >= 0.6 is 11.6 Å². The highest BCUT2D eigenvalue weighted by Gasteiger charge is 2.28. The molecular formula is C26H24ClN5O4. The lowest BCUT2D eigenvalue weighted by Gasteiger charge is -2.18. The third kappa shape index (κ3) is 5.32. The molecule has 1 unspecified atom stereocenters. The number of halogens is 1. The summed E-state index contributed by atoms with van der Waals surface area (Å²) in [6.45, 7) is 0.775. The zero-order valence-electron chi connectivity index (χ0n) is 19.3. The summed E-state index contributed by atoms with van der Waals surface area (Å²) in [4.78, 5) is 26.5. The minimum Gasteiger partial charge on any atom is -0.488 e. The van der Waals surface area contributed by atoms with Crippen molar-refractivity contribution < 1.29 is 19.4 Å². The van der Waals surface area contributed by atoms with Gasteiger partial charge in [-0.25, -0.2) is 9.97 Å². The normalized spacial score (nSPS) is 15.2. The van der Waals surface area contributed by atoms with Crippen LogP contribution in [-0.2, 0) is 11.4 Å². The number of likely N-dealkylation sites (tertiary alicyclic amines) is 1. The average molecular weight is 506 g/mol. The number of benzene rings is 2. The molecule has 1 aliphatic heterocycles. The van der Waals surface area contributed by atoms with Gasteiger partial charge in [0.25, 0.3) is 0 Å². The third-order valence-corrected chi connectivity index (χ3v) is 6.14. The van der Waals surface area contributed by atoms with Crippen molar-refractivity contribution in [1.82, 2.24) is 19.9 Å². The molecule has 0 radical (unpaired) electrons. The summed E-state index contributed by atoms with van der Waals surface area (Å²) in [6, 6.07) is 16.7. The number of amides is 1. The van der Waals surface area contributed by atoms with Crippen molar-refractivity contribution in [2.45, 2.75) is 19.1 Å². The topological polar surface area (TPSA) is 110 Å². The second kappa shape index (κ2) is 10.8. The number of pyridine rings is 1. The Bertz CT molecular complexity index is 1370. The summed E-state index contributed by atoms with van der Waals surface area (Å²) in [5.41, 5.74) is 2.25. The number of aliphatic hydroxyl groups excluding tert-OH is 1. The van der Waals surface area contributed by atoms with Crippen LogP contribution in [0.2, 0.25) is 5.02 Å². The largest absolute Gasteiger partial charge is 0.488 e. The van der Waals surface area contributed by atoms with E-state index in [4.69, 9.17) is 26.2 Å². The van der Waals surface area contributed by atoms with E-state index >= 15 is 0 Å². The van der Waals surface area contributed by atoms with E-state index in [1.165, 1.54) is 6.33 Å². The van der Waals surface area contributed by atoms with E-state index in [2.05, 4.69) is 20.3 Å². The molecule has 1 fully saturated rings. The van der Waals surface area contributed by atoms with Gasteiger partial charge in [0.1, 0.15) is 43.0 Å². The number of ether oxygens (including phenoxy) is 2. The van der Waals surface area contributed by atoms with Crippen LogP contribution in [0.3, 0.4) is 0 Å². The van der Waals surface area contributed by atoms with Crippen LogP contribution in [0, 0.1) is 0 Å². The summed E-state index contributed by atoms with van der Waals surface area (Å²) >= 11 is 6.48. The molecule has 1 aliphatic rings. The molecule has 1 amide bonds. The minimum atomic E-state index is -0.502. The Balaban J connectivity index is 1.34. The number of hydrogen-bond acceptors (Lipinski definition) is 8. The number of aromatic nitrogens is 3. The molecule has 5 rings (SSSR count). The van der Waals surface area contributed by atoms with Gasteiger partial charge in [-0.05, 0) is 42.5 Å². The van der Waals surface area contributed by atoms with Crippen molar-refractivity contribution >= 4 is 39.9 Å². The fourth-order valence-electron chi connectivity index (χ4n) is 4.07. The van der Waals surface area contributed by atoms with Crippen LogP contribution < -0.4 is 14.8 Å². The van der Waals surface area contributed by atoms with E-state index in [0.29, 0.717) is 54.0 Å². The van der Waals surface area contributed by atoms with E-state index in [0.717, 1.165) is 16.8 Å². The lowest BCUT2D eigenvalue weighted by molar-refractivity contribution is -0.133. The Morgan fingerprint density at radius 2 is 2.03 bits per heavy atom. The standard InChI is InChI=1S/C26H24ClN5O4/c27-20-12-17(7-8-22(20)35-15-18-4-1-2-10-28-18)31-26-25-21(29-16-30-26)5-3-6-23(25)36-19-9-11-32(13-19)24(34)14-33/h1-8,10,12,16,19,33H,9,11,13-15H2,(H,29,30,31). The first-order valence-corrected chi connectivity index (χ1v) is 11.9. The number of rotatable bonds is 8. The molecule has 9 nitrogen and oxygen atoms in total. The number of anilines is 2. The lowest BCUT2D eigenvalue weighted by atomic mass is 10.2. The maximum Gasteiger partial charge on any atom is 0.248 e. The molecule has 3 heterocycles. The summed E-state index contributed by atoms with van der Waals surface area (Å²) in [5.74, 6) is 1.43. The van der Waals surface area contributed by atoms with Gasteiger partial charge in [-0.3, -0.25) is 9.78 Å². The van der Waals surface area contributed by atoms with Crippen LogP contribution in [0.15, 0.2) is 67.1 Å². The number of carbonyl (C=O) groups is 1. The van der Waals surface area contributed by atoms with E-state index < -0.39 is 6.61 Å². The van der Waals surface area contributed by atoms with Gasteiger partial charge < -0.3 is 24.8 Å². The molecule has 1 atom stereocenters. The maximum atomic E-state index is 11.8. The van der Waals surface area contributed by atoms with E-state index in [9.17, 15) is 4.79 Å². The summed E-state index contributed by atoms with van der Waals surface area (Å²) in [7, 11) is 0. The molecule has 0 saturated carbocycles. The highest BCUT2D eigenvalue weighted by Crippen LogP contribution is 2.35. The lowest BCUT2D eigenvalue weighted by Crippen LogP contribution is -2.32. The smallest absolute Gasteiger partial charge is 0.248 e. The molecule has 4 aromatic rings. The van der Waals surface area contributed by atoms with Crippen LogP contribution in [-0.4, -0.2) is 56.7 Å². The highest BCUT2D eigenvalue weighted by molar-refractivity contribution is 6.32. The number of nitrogens with zero attached hydrogens (tertiary/aromatic N) is 4. The Hall–Kier alpha value is -3.95. The third-order valence-electron chi connectivity index (χ3n) is 5.85. The number of fused-ring (bicyclic) bond motifs is 1. The predicted molar refractivity (Wildman–Crippen MR) is 136 cm³/mol. The van der Waals surface area contributed by atoms with Crippen molar-refractivity contribution in [2.24, 2.45) is 0 Å². The molecule has 10 heteroatoms. The average Bonchev–Trinajstić information content (AvgIpc) is 3.37. The molecule has 0 aliphatic carbocycles. The van der Waals surface area contributed by atoms with Crippen molar-refractivity contribution in [2.75, 3.05) is 25.0 Å². The van der Waals surface area contributed by atoms with Crippen LogP contribution in [0.5, 0.6) is 11.5 Å². The van der Waals surface area contributed by atoms with Crippen LogP contribution in [0.4, 0.5) is 11.5 Å². The fourth-order valence-corrected chi connectivity index (χ4v) is 4.30. The molecule has 0 spiro atoms. The van der Waals surface area contributed by atoms with Gasteiger partial charge in [0, 0.05) is 24.8 Å².